The molecule has 3 fully saturated rings. The van der Waals surface area contributed by atoms with Crippen LogP contribution in [0.25, 0.3) is 33.4 Å². The summed E-state index contributed by atoms with van der Waals surface area (Å²) < 4.78 is 37.8. The Morgan fingerprint density at radius 2 is 1.76 bits per heavy atom. The number of para-hydroxylation sites is 1. The van der Waals surface area contributed by atoms with E-state index in [-0.39, 0.29) is 30.0 Å². The van der Waals surface area contributed by atoms with Crippen LogP contribution in [0, 0.1) is 17.6 Å². The smallest absolute Gasteiger partial charge is 0.228 e. The minimum absolute atomic E-state index is 0.0651. The molecule has 0 spiro atoms. The summed E-state index contributed by atoms with van der Waals surface area (Å²) in [5.74, 6) is -0.774. The molecule has 1 amide bonds. The van der Waals surface area contributed by atoms with Crippen LogP contribution < -0.4 is 5.32 Å². The molecule has 5 heterocycles. The Hall–Kier alpha value is -3.80. The Morgan fingerprint density at radius 3 is 2.48 bits per heavy atom. The third-order valence-electron chi connectivity index (χ3n) is 8.69. The molecule has 7 rings (SSSR count). The van der Waals surface area contributed by atoms with Gasteiger partial charge in [-0.15, -0.1) is 0 Å². The second-order valence-corrected chi connectivity index (χ2v) is 11.4. The van der Waals surface area contributed by atoms with Gasteiger partial charge in [0.15, 0.2) is 0 Å². The van der Waals surface area contributed by atoms with Crippen molar-refractivity contribution < 1.29 is 18.3 Å². The number of aromatic nitrogens is 4. The summed E-state index contributed by atoms with van der Waals surface area (Å²) in [4.78, 5) is 26.1. The normalized spacial score (nSPS) is 18.9. The molecule has 11 heteroatoms. The number of fused-ring (bicyclic) bond motifs is 1. The van der Waals surface area contributed by atoms with Gasteiger partial charge in [-0.2, -0.15) is 5.10 Å². The number of carbonyl (C=O) groups excluding carboxylic acids is 1. The maximum Gasteiger partial charge on any atom is 0.228 e. The zero-order valence-corrected chi connectivity index (χ0v) is 23.3. The van der Waals surface area contributed by atoms with Gasteiger partial charge in [0.1, 0.15) is 11.6 Å². The number of morpholine rings is 1. The predicted octanol–water partition coefficient (Wildman–Crippen LogP) is 3.65. The number of rotatable bonds is 6. The van der Waals surface area contributed by atoms with Crippen LogP contribution in [0.4, 0.5) is 8.78 Å². The average molecular weight is 574 g/mol. The molecule has 3 saturated heterocycles. The largest absolute Gasteiger partial charge is 0.379 e. The van der Waals surface area contributed by atoms with Gasteiger partial charge in [0.25, 0.3) is 0 Å². The van der Waals surface area contributed by atoms with Crippen molar-refractivity contribution in [1.82, 2.24) is 34.9 Å². The number of nitrogens with one attached hydrogen (secondary N) is 1. The molecule has 1 N–H and O–H groups in total. The highest BCUT2D eigenvalue weighted by molar-refractivity contribution is 5.92. The highest BCUT2D eigenvalue weighted by Crippen LogP contribution is 2.32. The molecular weight excluding hydrogens is 540 g/mol. The van der Waals surface area contributed by atoms with E-state index in [0.717, 1.165) is 44.6 Å². The van der Waals surface area contributed by atoms with E-state index in [1.54, 1.807) is 12.4 Å². The highest BCUT2D eigenvalue weighted by atomic mass is 19.1. The predicted molar refractivity (Wildman–Crippen MR) is 153 cm³/mol. The van der Waals surface area contributed by atoms with Gasteiger partial charge >= 0.3 is 0 Å². The highest BCUT2D eigenvalue weighted by Gasteiger charge is 2.32. The number of halogens is 2. The van der Waals surface area contributed by atoms with Gasteiger partial charge in [-0.1, -0.05) is 12.1 Å². The summed E-state index contributed by atoms with van der Waals surface area (Å²) in [6.45, 7) is 5.65. The lowest BCUT2D eigenvalue weighted by Gasteiger charge is -2.37. The number of hydrogen-bond acceptors (Lipinski definition) is 7. The Bertz CT molecular complexity index is 1590. The minimum Gasteiger partial charge on any atom is -0.379 e. The summed E-state index contributed by atoms with van der Waals surface area (Å²) in [5, 5.41) is 7.78. The second-order valence-electron chi connectivity index (χ2n) is 11.4. The van der Waals surface area contributed by atoms with Crippen LogP contribution in [-0.4, -0.2) is 87.9 Å². The standard InChI is InChI=1S/C31H33F2N7O2/c32-26-12-20(13-27(33)25(26)19-38-8-10-42-11-9-38)24-2-1-3-28-30(24)37-29(17-35-28)22-16-36-40(18-22)23-4-6-39(7-5-23)31(41)21-14-34-15-21/h1-3,12-13,16-18,21,23,34H,4-11,14-15,19H2. The van der Waals surface area contributed by atoms with E-state index < -0.39 is 11.6 Å². The minimum atomic E-state index is -0.573. The molecule has 4 aromatic rings. The number of amides is 1. The molecule has 42 heavy (non-hydrogen) atoms. The number of ether oxygens (including phenoxy) is 1. The van der Waals surface area contributed by atoms with Crippen LogP contribution in [0.5, 0.6) is 0 Å². The first-order valence-electron chi connectivity index (χ1n) is 14.6. The number of carbonyl (C=O) groups is 1. The van der Waals surface area contributed by atoms with E-state index in [2.05, 4.69) is 15.4 Å². The fourth-order valence-corrected chi connectivity index (χ4v) is 6.04. The lowest BCUT2D eigenvalue weighted by molar-refractivity contribution is -0.138. The number of nitrogens with zero attached hydrogens (tertiary/aromatic N) is 6. The molecule has 0 atom stereocenters. The van der Waals surface area contributed by atoms with Gasteiger partial charge in [-0.25, -0.2) is 13.8 Å². The third-order valence-corrected chi connectivity index (χ3v) is 8.69. The van der Waals surface area contributed by atoms with E-state index in [9.17, 15) is 4.79 Å². The van der Waals surface area contributed by atoms with E-state index in [4.69, 9.17) is 9.72 Å². The van der Waals surface area contributed by atoms with Gasteiger partial charge < -0.3 is 15.0 Å². The van der Waals surface area contributed by atoms with Gasteiger partial charge in [0, 0.05) is 68.7 Å². The first-order chi connectivity index (χ1) is 20.5. The van der Waals surface area contributed by atoms with E-state index >= 15 is 8.78 Å². The number of hydrogen-bond donors (Lipinski definition) is 1. The fraction of sp³-hybridized carbons (Fsp3) is 0.419. The fourth-order valence-electron chi connectivity index (χ4n) is 6.04. The summed E-state index contributed by atoms with van der Waals surface area (Å²) in [7, 11) is 0. The van der Waals surface area contributed by atoms with Crippen LogP contribution in [-0.2, 0) is 16.1 Å². The van der Waals surface area contributed by atoms with Gasteiger partial charge in [-0.3, -0.25) is 19.4 Å². The Morgan fingerprint density at radius 1 is 1.00 bits per heavy atom. The van der Waals surface area contributed by atoms with Crippen molar-refractivity contribution in [3.63, 3.8) is 0 Å². The van der Waals surface area contributed by atoms with Crippen molar-refractivity contribution in [2.24, 2.45) is 5.92 Å². The zero-order chi connectivity index (χ0) is 28.6. The molecule has 0 unspecified atom stereocenters. The van der Waals surface area contributed by atoms with E-state index in [1.165, 1.54) is 12.1 Å². The molecule has 0 aliphatic carbocycles. The number of likely N-dealkylation sites (tertiary alicyclic amines) is 1. The third kappa shape index (κ3) is 5.28. The summed E-state index contributed by atoms with van der Waals surface area (Å²) in [6.07, 6.45) is 7.14. The van der Waals surface area contributed by atoms with Crippen molar-refractivity contribution in [3.8, 4) is 22.4 Å². The quantitative estimate of drug-likeness (QED) is 0.377. The Labute approximate surface area is 242 Å². The summed E-state index contributed by atoms with van der Waals surface area (Å²) in [5.41, 5.74) is 3.76. The molecule has 3 aliphatic heterocycles. The molecule has 2 aromatic carbocycles. The monoisotopic (exact) mass is 573 g/mol. The first kappa shape index (κ1) is 27.1. The summed E-state index contributed by atoms with van der Waals surface area (Å²) in [6, 6.07) is 8.45. The van der Waals surface area contributed by atoms with Gasteiger partial charge in [-0.05, 0) is 36.6 Å². The van der Waals surface area contributed by atoms with Crippen LogP contribution >= 0.6 is 0 Å². The maximum absolute atomic E-state index is 15.2. The van der Waals surface area contributed by atoms with Crippen LogP contribution in [0.1, 0.15) is 24.4 Å². The second kappa shape index (κ2) is 11.5. The maximum atomic E-state index is 15.2. The molecule has 3 aliphatic rings. The van der Waals surface area contributed by atoms with Gasteiger partial charge in [0.05, 0.1) is 54.3 Å². The SMILES string of the molecule is O=C(C1CNC1)N1CCC(n2cc(-c3cnc4cccc(-c5cc(F)c(CN6CCOCC6)c(F)c5)c4n3)cn2)CC1. The summed E-state index contributed by atoms with van der Waals surface area (Å²) >= 11 is 0. The van der Waals surface area contributed by atoms with Crippen molar-refractivity contribution in [2.75, 3.05) is 52.5 Å². The zero-order valence-electron chi connectivity index (χ0n) is 23.3. The first-order valence-corrected chi connectivity index (χ1v) is 14.6. The lowest BCUT2D eigenvalue weighted by Crippen LogP contribution is -2.53. The van der Waals surface area contributed by atoms with Gasteiger partial charge in [0.2, 0.25) is 5.91 Å². The molecule has 218 valence electrons. The topological polar surface area (TPSA) is 88.4 Å². The number of piperidine rings is 1. The van der Waals surface area contributed by atoms with E-state index in [1.807, 2.05) is 38.9 Å². The Kier molecular flexibility index (Phi) is 7.39. The molecule has 0 radical (unpaired) electrons. The number of benzene rings is 2. The molecular formula is C31H33F2N7O2. The van der Waals surface area contributed by atoms with E-state index in [0.29, 0.717) is 54.2 Å². The average Bonchev–Trinajstić information content (AvgIpc) is 3.49. The molecule has 0 bridgehead atoms. The van der Waals surface area contributed by atoms with Crippen molar-refractivity contribution in [2.45, 2.75) is 25.4 Å². The van der Waals surface area contributed by atoms with Crippen molar-refractivity contribution in [1.29, 1.82) is 0 Å². The lowest BCUT2D eigenvalue weighted by atomic mass is 9.98. The van der Waals surface area contributed by atoms with Crippen molar-refractivity contribution >= 4 is 16.9 Å². The molecule has 9 nitrogen and oxygen atoms in total. The molecule has 2 aromatic heterocycles. The van der Waals surface area contributed by atoms with Crippen molar-refractivity contribution in [3.05, 3.63) is 66.1 Å². The van der Waals surface area contributed by atoms with Crippen LogP contribution in [0.3, 0.4) is 0 Å². The Balaban J connectivity index is 1.11. The van der Waals surface area contributed by atoms with Crippen LogP contribution in [0.15, 0.2) is 48.9 Å². The molecule has 0 saturated carbocycles. The van der Waals surface area contributed by atoms with Crippen LogP contribution in [0.2, 0.25) is 0 Å².